The zero-order valence-electron chi connectivity index (χ0n) is 16.0. The number of anilines is 1. The number of fused-ring (bicyclic) bond motifs is 1. The summed E-state index contributed by atoms with van der Waals surface area (Å²) in [5.41, 5.74) is 1.73. The molecule has 3 aromatic carbocycles. The molecule has 0 heterocycles. The van der Waals surface area contributed by atoms with Crippen molar-refractivity contribution in [1.29, 1.82) is 0 Å². The van der Waals surface area contributed by atoms with E-state index in [-0.39, 0.29) is 5.91 Å². The molecule has 0 saturated heterocycles. The van der Waals surface area contributed by atoms with Crippen LogP contribution < -0.4 is 10.1 Å². The number of amides is 1. The lowest BCUT2D eigenvalue weighted by atomic mass is 10.0. The number of carbonyl (C=O) groups is 1. The summed E-state index contributed by atoms with van der Waals surface area (Å²) < 4.78 is 6.84. The Morgan fingerprint density at radius 1 is 1.11 bits per heavy atom. The molecule has 0 fully saturated rings. The molecular formula is C23H23IN2O2. The summed E-state index contributed by atoms with van der Waals surface area (Å²) in [4.78, 5) is 14.4. The quantitative estimate of drug-likeness (QED) is 0.376. The number of nitrogens with one attached hydrogen (secondary N) is 1. The van der Waals surface area contributed by atoms with Gasteiger partial charge in [0.2, 0.25) is 5.91 Å². The molecule has 0 spiro atoms. The summed E-state index contributed by atoms with van der Waals surface area (Å²) >= 11 is 2.23. The lowest BCUT2D eigenvalue weighted by molar-refractivity contribution is -0.111. The third-order valence-corrected chi connectivity index (χ3v) is 5.12. The first-order chi connectivity index (χ1) is 13.5. The number of hydrogen-bond donors (Lipinski definition) is 1. The monoisotopic (exact) mass is 486 g/mol. The molecule has 3 rings (SSSR count). The van der Waals surface area contributed by atoms with Crippen molar-refractivity contribution in [1.82, 2.24) is 4.90 Å². The maximum absolute atomic E-state index is 12.4. The third kappa shape index (κ3) is 5.56. The van der Waals surface area contributed by atoms with E-state index in [9.17, 15) is 4.79 Å². The number of carbonyl (C=O) groups excluding carboxylic acids is 1. The number of rotatable bonds is 7. The van der Waals surface area contributed by atoms with Crippen LogP contribution in [0.5, 0.6) is 5.75 Å². The van der Waals surface area contributed by atoms with Gasteiger partial charge < -0.3 is 15.0 Å². The van der Waals surface area contributed by atoms with Gasteiger partial charge in [-0.05, 0) is 71.2 Å². The molecule has 144 valence electrons. The van der Waals surface area contributed by atoms with E-state index < -0.39 is 0 Å². The van der Waals surface area contributed by atoms with Gasteiger partial charge in [-0.1, -0.05) is 42.5 Å². The molecular weight excluding hydrogens is 463 g/mol. The van der Waals surface area contributed by atoms with Crippen LogP contribution in [0.1, 0.15) is 5.56 Å². The molecule has 1 N–H and O–H groups in total. The van der Waals surface area contributed by atoms with Gasteiger partial charge in [-0.15, -0.1) is 0 Å². The van der Waals surface area contributed by atoms with Crippen molar-refractivity contribution < 1.29 is 9.53 Å². The zero-order valence-corrected chi connectivity index (χ0v) is 18.1. The third-order valence-electron chi connectivity index (χ3n) is 4.23. The summed E-state index contributed by atoms with van der Waals surface area (Å²) in [6, 6.07) is 19.9. The molecule has 4 nitrogen and oxygen atoms in total. The summed E-state index contributed by atoms with van der Waals surface area (Å²) in [5, 5.41) is 5.19. The minimum Gasteiger partial charge on any atom is -0.491 e. The Balaban J connectivity index is 1.68. The molecule has 0 bridgehead atoms. The van der Waals surface area contributed by atoms with Gasteiger partial charge in [-0.2, -0.15) is 0 Å². The van der Waals surface area contributed by atoms with Crippen molar-refractivity contribution in [3.63, 3.8) is 0 Å². The number of ether oxygens (including phenoxy) is 1. The molecule has 0 aromatic heterocycles. The maximum Gasteiger partial charge on any atom is 0.248 e. The van der Waals surface area contributed by atoms with E-state index in [0.717, 1.165) is 32.2 Å². The van der Waals surface area contributed by atoms with Gasteiger partial charge >= 0.3 is 0 Å². The minimum absolute atomic E-state index is 0.173. The number of halogens is 1. The Kier molecular flexibility index (Phi) is 7.06. The number of benzene rings is 3. The first-order valence-corrected chi connectivity index (χ1v) is 10.1. The van der Waals surface area contributed by atoms with Crippen LogP contribution in [-0.2, 0) is 4.79 Å². The molecule has 1 amide bonds. The largest absolute Gasteiger partial charge is 0.491 e. The van der Waals surface area contributed by atoms with Crippen molar-refractivity contribution in [2.24, 2.45) is 0 Å². The van der Waals surface area contributed by atoms with E-state index >= 15 is 0 Å². The highest BCUT2D eigenvalue weighted by Gasteiger charge is 2.06. The molecule has 0 unspecified atom stereocenters. The van der Waals surface area contributed by atoms with Crippen LogP contribution in [0.25, 0.3) is 16.8 Å². The predicted octanol–water partition coefficient (Wildman–Crippen LogP) is 5.04. The van der Waals surface area contributed by atoms with Gasteiger partial charge in [-0.25, -0.2) is 0 Å². The van der Waals surface area contributed by atoms with E-state index in [4.69, 9.17) is 4.74 Å². The highest BCUT2D eigenvalue weighted by molar-refractivity contribution is 14.1. The molecule has 0 aliphatic rings. The van der Waals surface area contributed by atoms with E-state index in [1.807, 2.05) is 62.6 Å². The maximum atomic E-state index is 12.4. The molecule has 0 atom stereocenters. The fourth-order valence-corrected chi connectivity index (χ4v) is 3.27. The smallest absolute Gasteiger partial charge is 0.248 e. The van der Waals surface area contributed by atoms with Crippen molar-refractivity contribution in [3.8, 4) is 5.75 Å². The highest BCUT2D eigenvalue weighted by Crippen LogP contribution is 2.25. The lowest BCUT2D eigenvalue weighted by Crippen LogP contribution is -2.19. The summed E-state index contributed by atoms with van der Waals surface area (Å²) in [6.45, 7) is 1.43. The van der Waals surface area contributed by atoms with Crippen LogP contribution in [0.4, 0.5) is 5.69 Å². The van der Waals surface area contributed by atoms with Crippen molar-refractivity contribution in [2.75, 3.05) is 32.6 Å². The van der Waals surface area contributed by atoms with Crippen LogP contribution in [0.3, 0.4) is 0 Å². The van der Waals surface area contributed by atoms with E-state index in [0.29, 0.717) is 12.3 Å². The fourth-order valence-electron chi connectivity index (χ4n) is 2.78. The Bertz CT molecular complexity index is 994. The molecule has 0 saturated carbocycles. The van der Waals surface area contributed by atoms with Crippen molar-refractivity contribution >= 4 is 51.0 Å². The topological polar surface area (TPSA) is 41.6 Å². The molecule has 28 heavy (non-hydrogen) atoms. The van der Waals surface area contributed by atoms with Crippen LogP contribution in [-0.4, -0.2) is 38.1 Å². The number of likely N-dealkylation sites (N-methyl/N-ethyl adjacent to an activating group) is 1. The Morgan fingerprint density at radius 2 is 1.89 bits per heavy atom. The predicted molar refractivity (Wildman–Crippen MR) is 125 cm³/mol. The second-order valence-electron chi connectivity index (χ2n) is 6.69. The summed E-state index contributed by atoms with van der Waals surface area (Å²) in [6.07, 6.45) is 3.41. The summed E-state index contributed by atoms with van der Waals surface area (Å²) in [7, 11) is 4.01. The van der Waals surface area contributed by atoms with Crippen molar-refractivity contribution in [2.45, 2.75) is 0 Å². The molecule has 0 aliphatic heterocycles. The van der Waals surface area contributed by atoms with Gasteiger partial charge in [0.1, 0.15) is 12.4 Å². The van der Waals surface area contributed by atoms with Crippen LogP contribution in [0.2, 0.25) is 0 Å². The number of nitrogens with zero attached hydrogens (tertiary/aromatic N) is 1. The van der Waals surface area contributed by atoms with E-state index in [1.54, 1.807) is 6.08 Å². The van der Waals surface area contributed by atoms with Crippen molar-refractivity contribution in [3.05, 3.63) is 75.9 Å². The normalized spacial score (nSPS) is 11.3. The molecule has 5 heteroatoms. The second-order valence-corrected chi connectivity index (χ2v) is 7.85. The zero-order chi connectivity index (χ0) is 19.9. The van der Waals surface area contributed by atoms with Crippen LogP contribution in [0, 0.1) is 3.57 Å². The van der Waals surface area contributed by atoms with Crippen LogP contribution in [0.15, 0.2) is 66.7 Å². The van der Waals surface area contributed by atoms with Crippen LogP contribution >= 0.6 is 22.6 Å². The van der Waals surface area contributed by atoms with E-state index in [2.05, 4.69) is 51.0 Å². The van der Waals surface area contributed by atoms with Gasteiger partial charge in [-0.3, -0.25) is 4.79 Å². The Labute approximate surface area is 179 Å². The average Bonchev–Trinajstić information content (AvgIpc) is 2.68. The van der Waals surface area contributed by atoms with E-state index in [1.165, 1.54) is 0 Å². The highest BCUT2D eigenvalue weighted by atomic mass is 127. The lowest BCUT2D eigenvalue weighted by Gasteiger charge is -2.13. The standard InChI is InChI=1S/C23H23IN2O2/c1-26(2)14-15-28-22-16-19(11-12-21(22)24)25-23(27)13-10-18-8-5-7-17-6-3-4-9-20(17)18/h3-13,16H,14-15H2,1-2H3,(H,25,27)/b13-10+. The first-order valence-electron chi connectivity index (χ1n) is 9.07. The molecule has 0 radical (unpaired) electrons. The average molecular weight is 486 g/mol. The molecule has 3 aromatic rings. The van der Waals surface area contributed by atoms with Gasteiger partial charge in [0.15, 0.2) is 0 Å². The van der Waals surface area contributed by atoms with Gasteiger partial charge in [0.25, 0.3) is 0 Å². The molecule has 0 aliphatic carbocycles. The second kappa shape index (κ2) is 9.71. The van der Waals surface area contributed by atoms with Gasteiger partial charge in [0, 0.05) is 24.4 Å². The summed E-state index contributed by atoms with van der Waals surface area (Å²) in [5.74, 6) is 0.603. The number of hydrogen-bond acceptors (Lipinski definition) is 3. The minimum atomic E-state index is -0.173. The Morgan fingerprint density at radius 3 is 2.71 bits per heavy atom. The fraction of sp³-hybridized carbons (Fsp3) is 0.174. The SMILES string of the molecule is CN(C)CCOc1cc(NC(=O)/C=C/c2cccc3ccccc23)ccc1I. The first kappa shape index (κ1) is 20.4. The Hall–Kier alpha value is -2.38. The van der Waals surface area contributed by atoms with Gasteiger partial charge in [0.05, 0.1) is 3.57 Å².